The molecule has 4 heteroatoms. The van der Waals surface area contributed by atoms with Gasteiger partial charge in [0.2, 0.25) is 0 Å². The smallest absolute Gasteiger partial charge is 0.335 e. The highest BCUT2D eigenvalue weighted by Crippen LogP contribution is 2.19. The zero-order valence-corrected chi connectivity index (χ0v) is 6.90. The molecule has 13 heavy (non-hydrogen) atoms. The first-order chi connectivity index (χ1) is 6.04. The van der Waals surface area contributed by atoms with Gasteiger partial charge < -0.3 is 10.2 Å². The third kappa shape index (κ3) is 1.66. The van der Waals surface area contributed by atoms with E-state index < -0.39 is 17.5 Å². The number of rotatable bonds is 2. The topological polar surface area (TPSA) is 77.4 Å². The van der Waals surface area contributed by atoms with Crippen molar-refractivity contribution in [3.8, 4) is 5.75 Å². The highest BCUT2D eigenvalue weighted by Gasteiger charge is 2.08. The largest absolute Gasteiger partial charge is 0.871 e. The number of hydrogen-bond acceptors (Lipinski definition) is 3. The lowest BCUT2D eigenvalue weighted by Crippen LogP contribution is -2.08. The van der Waals surface area contributed by atoms with Crippen LogP contribution in [0.3, 0.4) is 0 Å². The van der Waals surface area contributed by atoms with Gasteiger partial charge >= 0.3 is 5.97 Å². The first kappa shape index (κ1) is 9.25. The molecule has 0 bridgehead atoms. The zero-order valence-electron chi connectivity index (χ0n) is 6.90. The van der Waals surface area contributed by atoms with Gasteiger partial charge in [-0.3, -0.25) is 4.79 Å². The van der Waals surface area contributed by atoms with Crippen LogP contribution in [-0.2, 0) is 0 Å². The van der Waals surface area contributed by atoms with E-state index in [1.165, 1.54) is 25.1 Å². The molecule has 0 aromatic heterocycles. The fraction of sp³-hybridized carbons (Fsp3) is 0.111. The van der Waals surface area contributed by atoms with E-state index in [2.05, 4.69) is 0 Å². The van der Waals surface area contributed by atoms with Crippen LogP contribution in [0.15, 0.2) is 18.2 Å². The van der Waals surface area contributed by atoms with Crippen molar-refractivity contribution in [1.82, 2.24) is 0 Å². The Bertz CT molecular complexity index is 336. The van der Waals surface area contributed by atoms with Gasteiger partial charge in [0.15, 0.2) is 5.78 Å². The number of benzene rings is 1. The van der Waals surface area contributed by atoms with Crippen molar-refractivity contribution < 1.29 is 19.8 Å². The fourth-order valence-electron chi connectivity index (χ4n) is 0.983. The molecule has 0 aliphatic rings. The van der Waals surface area contributed by atoms with Crippen molar-refractivity contribution in [2.75, 3.05) is 0 Å². The number of ketones is 1. The Balaban J connectivity index is 3.35. The Morgan fingerprint density at radius 3 is 2.31 bits per heavy atom. The van der Waals surface area contributed by atoms with E-state index >= 15 is 0 Å². The summed E-state index contributed by atoms with van der Waals surface area (Å²) in [7, 11) is 0. The molecule has 4 nitrogen and oxygen atoms in total. The molecule has 0 amide bonds. The standard InChI is InChI=1S/C9H8O4/c1-5(10)6-3-2-4-7(8(6)11)9(12)13/h2-4,11H,1H3,(H,12,13)/p-1. The third-order valence-electron chi connectivity index (χ3n) is 1.62. The summed E-state index contributed by atoms with van der Waals surface area (Å²) in [4.78, 5) is 21.3. The monoisotopic (exact) mass is 179 g/mol. The first-order valence-electron chi connectivity index (χ1n) is 3.58. The molecule has 68 valence electrons. The highest BCUT2D eigenvalue weighted by atomic mass is 16.4. The lowest BCUT2D eigenvalue weighted by atomic mass is 10.1. The molecule has 1 N–H and O–H groups in total. The van der Waals surface area contributed by atoms with Crippen LogP contribution in [0.2, 0.25) is 0 Å². The number of aromatic carboxylic acids is 1. The summed E-state index contributed by atoms with van der Waals surface area (Å²) < 4.78 is 0. The average Bonchev–Trinajstić information content (AvgIpc) is 2.03. The number of carboxylic acids is 1. The van der Waals surface area contributed by atoms with Crippen LogP contribution < -0.4 is 5.11 Å². The van der Waals surface area contributed by atoms with Crippen LogP contribution in [-0.4, -0.2) is 16.9 Å². The van der Waals surface area contributed by atoms with E-state index in [0.717, 1.165) is 0 Å². The number of carboxylic acid groups (broad SMARTS) is 1. The van der Waals surface area contributed by atoms with Gasteiger partial charge in [0.1, 0.15) is 0 Å². The fourth-order valence-corrected chi connectivity index (χ4v) is 0.983. The molecule has 1 aromatic carbocycles. The summed E-state index contributed by atoms with van der Waals surface area (Å²) >= 11 is 0. The minimum Gasteiger partial charge on any atom is -0.871 e. The highest BCUT2D eigenvalue weighted by molar-refractivity contribution is 6.01. The average molecular weight is 179 g/mol. The van der Waals surface area contributed by atoms with Crippen molar-refractivity contribution in [2.24, 2.45) is 0 Å². The Morgan fingerprint density at radius 2 is 1.85 bits per heavy atom. The molecule has 0 fully saturated rings. The summed E-state index contributed by atoms with van der Waals surface area (Å²) in [6.07, 6.45) is 0. The Hall–Kier alpha value is -1.84. The number of carbonyl (C=O) groups excluding carboxylic acids is 1. The van der Waals surface area contributed by atoms with Gasteiger partial charge in [-0.1, -0.05) is 17.9 Å². The lowest BCUT2D eigenvalue weighted by Gasteiger charge is -2.13. The van der Waals surface area contributed by atoms with Crippen LogP contribution in [0.25, 0.3) is 0 Å². The van der Waals surface area contributed by atoms with E-state index in [9.17, 15) is 14.7 Å². The van der Waals surface area contributed by atoms with Crippen molar-refractivity contribution >= 4 is 11.8 Å². The molecule has 0 saturated heterocycles. The number of carbonyl (C=O) groups is 2. The van der Waals surface area contributed by atoms with E-state index in [1.807, 2.05) is 0 Å². The predicted octanol–water partition coefficient (Wildman–Crippen LogP) is 0.661. The first-order valence-corrected chi connectivity index (χ1v) is 3.58. The summed E-state index contributed by atoms with van der Waals surface area (Å²) in [5, 5.41) is 19.8. The Morgan fingerprint density at radius 1 is 1.31 bits per heavy atom. The molecule has 0 heterocycles. The molecule has 0 saturated carbocycles. The van der Waals surface area contributed by atoms with Gasteiger partial charge in [-0.2, -0.15) is 0 Å². The molecule has 1 rings (SSSR count). The summed E-state index contributed by atoms with van der Waals surface area (Å²) in [5.74, 6) is -2.45. The second-order valence-electron chi connectivity index (χ2n) is 2.54. The lowest BCUT2D eigenvalue weighted by molar-refractivity contribution is -0.269. The van der Waals surface area contributed by atoms with Crippen molar-refractivity contribution in [1.29, 1.82) is 0 Å². The molecular formula is C9H7O4-. The molecule has 0 aliphatic heterocycles. The van der Waals surface area contributed by atoms with Gasteiger partial charge in [0, 0.05) is 5.56 Å². The van der Waals surface area contributed by atoms with Crippen molar-refractivity contribution in [2.45, 2.75) is 6.92 Å². The maximum atomic E-state index is 11.3. The van der Waals surface area contributed by atoms with Crippen LogP contribution in [0.5, 0.6) is 5.75 Å². The van der Waals surface area contributed by atoms with Crippen LogP contribution in [0, 0.1) is 0 Å². The van der Waals surface area contributed by atoms with Gasteiger partial charge in [-0.15, -0.1) is 0 Å². The third-order valence-corrected chi connectivity index (χ3v) is 1.62. The van der Waals surface area contributed by atoms with Crippen LogP contribution in [0.1, 0.15) is 27.6 Å². The van der Waals surface area contributed by atoms with E-state index in [0.29, 0.717) is 0 Å². The zero-order chi connectivity index (χ0) is 10.0. The molecular weight excluding hydrogens is 172 g/mol. The Labute approximate surface area is 74.4 Å². The molecule has 0 aliphatic carbocycles. The number of hydrogen-bond donors (Lipinski definition) is 1. The van der Waals surface area contributed by atoms with Gasteiger partial charge in [-0.05, 0) is 13.0 Å². The molecule has 0 atom stereocenters. The Kier molecular flexibility index (Phi) is 2.32. The van der Waals surface area contributed by atoms with Crippen LogP contribution >= 0.6 is 0 Å². The van der Waals surface area contributed by atoms with Crippen molar-refractivity contribution in [3.05, 3.63) is 29.3 Å². The maximum absolute atomic E-state index is 11.3. The van der Waals surface area contributed by atoms with E-state index in [1.54, 1.807) is 0 Å². The SMILES string of the molecule is CC(=O)c1cccc(C(=O)O)c1[O-]. The summed E-state index contributed by atoms with van der Waals surface area (Å²) in [6, 6.07) is 3.87. The second-order valence-corrected chi connectivity index (χ2v) is 2.54. The van der Waals surface area contributed by atoms with Gasteiger partial charge in [0.25, 0.3) is 0 Å². The predicted molar refractivity (Wildman–Crippen MR) is 42.9 cm³/mol. The summed E-state index contributed by atoms with van der Waals surface area (Å²) in [5.41, 5.74) is -0.451. The molecule has 1 aromatic rings. The molecule has 0 spiro atoms. The minimum absolute atomic E-state index is 0.0834. The number of para-hydroxylation sites is 1. The molecule has 0 unspecified atom stereocenters. The van der Waals surface area contributed by atoms with E-state index in [-0.39, 0.29) is 11.1 Å². The maximum Gasteiger partial charge on any atom is 0.335 e. The minimum atomic E-state index is -1.31. The molecule has 0 radical (unpaired) electrons. The van der Waals surface area contributed by atoms with Crippen molar-refractivity contribution in [3.63, 3.8) is 0 Å². The quantitative estimate of drug-likeness (QED) is 0.676. The van der Waals surface area contributed by atoms with E-state index in [4.69, 9.17) is 5.11 Å². The van der Waals surface area contributed by atoms with Gasteiger partial charge in [-0.25, -0.2) is 4.79 Å². The van der Waals surface area contributed by atoms with Crippen LogP contribution in [0.4, 0.5) is 0 Å². The summed E-state index contributed by atoms with van der Waals surface area (Å²) in [6.45, 7) is 1.22. The normalized spacial score (nSPS) is 9.62. The van der Waals surface area contributed by atoms with Gasteiger partial charge in [0.05, 0.1) is 5.56 Å². The number of Topliss-reactive ketones (excluding diaryl/α,β-unsaturated/α-hetero) is 1. The second kappa shape index (κ2) is 3.26.